The van der Waals surface area contributed by atoms with Crippen molar-refractivity contribution in [1.29, 1.82) is 0 Å². The molecule has 0 saturated heterocycles. The number of carbonyl (C=O) groups is 2. The van der Waals surface area contributed by atoms with Gasteiger partial charge in [0.2, 0.25) is 0 Å². The minimum absolute atomic E-state index is 0.170. The predicted molar refractivity (Wildman–Crippen MR) is 142 cm³/mol. The number of amides is 1. The van der Waals surface area contributed by atoms with E-state index >= 15 is 0 Å². The predicted octanol–water partition coefficient (Wildman–Crippen LogP) is 5.94. The Morgan fingerprint density at radius 1 is 1.03 bits per heavy atom. The highest BCUT2D eigenvalue weighted by Crippen LogP contribution is 2.22. The first-order valence-electron chi connectivity index (χ1n) is 11.3. The first-order chi connectivity index (χ1) is 17.0. The second-order valence-electron chi connectivity index (χ2n) is 7.68. The molecule has 0 aromatic heterocycles. The lowest BCUT2D eigenvalue weighted by atomic mass is 10.1. The molecule has 6 nitrogen and oxygen atoms in total. The van der Waals surface area contributed by atoms with E-state index < -0.39 is 11.9 Å². The van der Waals surface area contributed by atoms with E-state index in [2.05, 4.69) is 33.4 Å². The van der Waals surface area contributed by atoms with E-state index in [4.69, 9.17) is 9.47 Å². The van der Waals surface area contributed by atoms with E-state index in [9.17, 15) is 9.59 Å². The number of hydrogen-bond donors (Lipinski definition) is 1. The molecule has 0 heterocycles. The fraction of sp³-hybridized carbons (Fsp3) is 0.179. The highest BCUT2D eigenvalue weighted by atomic mass is 79.9. The van der Waals surface area contributed by atoms with E-state index in [0.29, 0.717) is 17.1 Å². The number of carbonyl (C=O) groups excluding carboxylic acids is 2. The number of esters is 1. The van der Waals surface area contributed by atoms with Gasteiger partial charge in [0, 0.05) is 16.1 Å². The summed E-state index contributed by atoms with van der Waals surface area (Å²) in [6.07, 6.45) is 7.76. The monoisotopic (exact) mass is 534 g/mol. The Balaban J connectivity index is 1.52. The Labute approximate surface area is 213 Å². The van der Waals surface area contributed by atoms with Crippen LogP contribution in [0.1, 0.15) is 36.5 Å². The number of nitrogens with zero attached hydrogens (tertiary/aromatic N) is 1. The first kappa shape index (κ1) is 25.9. The lowest BCUT2D eigenvalue weighted by Crippen LogP contribution is -2.24. The van der Waals surface area contributed by atoms with E-state index in [1.54, 1.807) is 24.3 Å². The summed E-state index contributed by atoms with van der Waals surface area (Å²) in [6, 6.07) is 22.3. The molecular formula is C28H27BrN2O4. The third-order valence-corrected chi connectivity index (χ3v) is 5.39. The smallest absolute Gasteiger partial charge is 0.336 e. The van der Waals surface area contributed by atoms with Gasteiger partial charge in [-0.3, -0.25) is 4.79 Å². The maximum Gasteiger partial charge on any atom is 0.336 e. The molecule has 3 aromatic rings. The summed E-state index contributed by atoms with van der Waals surface area (Å²) < 4.78 is 11.7. The zero-order valence-corrected chi connectivity index (χ0v) is 21.0. The molecule has 0 aliphatic carbocycles. The average molecular weight is 535 g/mol. The lowest BCUT2D eigenvalue weighted by Gasteiger charge is -2.07. The van der Waals surface area contributed by atoms with Crippen LogP contribution in [0.4, 0.5) is 0 Å². The molecule has 0 aliphatic heterocycles. The normalized spacial score (nSPS) is 11.0. The molecule has 35 heavy (non-hydrogen) atoms. The van der Waals surface area contributed by atoms with Crippen molar-refractivity contribution in [2.45, 2.75) is 26.2 Å². The summed E-state index contributed by atoms with van der Waals surface area (Å²) in [6.45, 7) is 1.99. The van der Waals surface area contributed by atoms with Crippen LogP contribution in [0, 0.1) is 0 Å². The van der Waals surface area contributed by atoms with Crippen molar-refractivity contribution < 1.29 is 19.1 Å². The van der Waals surface area contributed by atoms with Crippen molar-refractivity contribution in [1.82, 2.24) is 5.43 Å². The summed E-state index contributed by atoms with van der Waals surface area (Å²) in [7, 11) is 0. The minimum Gasteiger partial charge on any atom is -0.484 e. The summed E-state index contributed by atoms with van der Waals surface area (Å²) in [5.74, 6) is 0.00191. The van der Waals surface area contributed by atoms with Crippen LogP contribution in [0.25, 0.3) is 6.08 Å². The van der Waals surface area contributed by atoms with Crippen LogP contribution in [0.15, 0.2) is 88.4 Å². The number of unbranched alkanes of at least 4 members (excludes halogenated alkanes) is 1. The molecule has 1 N–H and O–H groups in total. The first-order valence-corrected chi connectivity index (χ1v) is 12.1. The Bertz CT molecular complexity index is 1180. The number of halogens is 1. The van der Waals surface area contributed by atoms with Crippen molar-refractivity contribution in [2.75, 3.05) is 6.61 Å². The van der Waals surface area contributed by atoms with Crippen LogP contribution >= 0.6 is 15.9 Å². The summed E-state index contributed by atoms with van der Waals surface area (Å²) >= 11 is 3.39. The van der Waals surface area contributed by atoms with E-state index in [1.165, 1.54) is 17.9 Å². The van der Waals surface area contributed by atoms with Crippen molar-refractivity contribution in [3.8, 4) is 11.5 Å². The minimum atomic E-state index is -0.524. The molecule has 3 aromatic carbocycles. The van der Waals surface area contributed by atoms with Gasteiger partial charge in [0.1, 0.15) is 11.5 Å². The maximum absolute atomic E-state index is 12.2. The molecule has 0 aliphatic rings. The van der Waals surface area contributed by atoms with Crippen molar-refractivity contribution in [3.05, 3.63) is 100 Å². The summed E-state index contributed by atoms with van der Waals surface area (Å²) in [5.41, 5.74) is 5.07. The van der Waals surface area contributed by atoms with Crippen molar-refractivity contribution in [2.24, 2.45) is 5.10 Å². The molecule has 0 fully saturated rings. The van der Waals surface area contributed by atoms with E-state index in [0.717, 1.165) is 29.3 Å². The highest BCUT2D eigenvalue weighted by Gasteiger charge is 2.08. The van der Waals surface area contributed by atoms with Gasteiger partial charge < -0.3 is 9.47 Å². The fourth-order valence-electron chi connectivity index (χ4n) is 3.07. The fourth-order valence-corrected chi connectivity index (χ4v) is 3.45. The average Bonchev–Trinajstić information content (AvgIpc) is 2.88. The molecular weight excluding hydrogens is 508 g/mol. The van der Waals surface area contributed by atoms with Gasteiger partial charge in [-0.05, 0) is 60.4 Å². The van der Waals surface area contributed by atoms with Crippen LogP contribution in [-0.4, -0.2) is 24.7 Å². The second-order valence-corrected chi connectivity index (χ2v) is 8.59. The third-order valence-electron chi connectivity index (χ3n) is 4.90. The molecule has 0 bridgehead atoms. The van der Waals surface area contributed by atoms with Crippen molar-refractivity contribution >= 4 is 40.1 Å². The van der Waals surface area contributed by atoms with Gasteiger partial charge in [0.15, 0.2) is 6.61 Å². The zero-order valence-electron chi connectivity index (χ0n) is 19.4. The number of aryl methyl sites for hydroxylation is 1. The van der Waals surface area contributed by atoms with Gasteiger partial charge in [0.25, 0.3) is 5.91 Å². The molecule has 1 amide bonds. The number of ether oxygens (including phenoxy) is 2. The van der Waals surface area contributed by atoms with Crippen LogP contribution in [0.3, 0.4) is 0 Å². The number of rotatable bonds is 11. The maximum atomic E-state index is 12.2. The van der Waals surface area contributed by atoms with Gasteiger partial charge in [-0.25, -0.2) is 10.2 Å². The van der Waals surface area contributed by atoms with Gasteiger partial charge in [-0.15, -0.1) is 0 Å². The second kappa shape index (κ2) is 13.9. The molecule has 0 saturated carbocycles. The number of hydrogen-bond acceptors (Lipinski definition) is 5. The standard InChI is InChI=1S/C28H27BrN2O4/c1-2-3-7-22-10-14-25(15-11-22)34-20-27(32)31-30-19-23-18-24(29)13-16-26(23)35-28(33)17-12-21-8-5-4-6-9-21/h4-6,8-19H,2-3,7,20H2,1H3,(H,31,32). The molecule has 7 heteroatoms. The Kier molecular flexibility index (Phi) is 10.3. The summed E-state index contributed by atoms with van der Waals surface area (Å²) in [4.78, 5) is 24.4. The number of hydrazone groups is 1. The molecule has 0 spiro atoms. The Morgan fingerprint density at radius 3 is 2.54 bits per heavy atom. The van der Waals surface area contributed by atoms with E-state index in [1.807, 2.05) is 54.6 Å². The SMILES string of the molecule is CCCCc1ccc(OCC(=O)NN=Cc2cc(Br)ccc2OC(=O)C=Cc2ccccc2)cc1. The van der Waals surface area contributed by atoms with Crippen LogP contribution in [0.2, 0.25) is 0 Å². The van der Waals surface area contributed by atoms with Gasteiger partial charge >= 0.3 is 5.97 Å². The Hall–Kier alpha value is -3.71. The van der Waals surface area contributed by atoms with Crippen LogP contribution < -0.4 is 14.9 Å². The quantitative estimate of drug-likeness (QED) is 0.108. The molecule has 0 radical (unpaired) electrons. The largest absolute Gasteiger partial charge is 0.484 e. The Morgan fingerprint density at radius 2 is 1.80 bits per heavy atom. The topological polar surface area (TPSA) is 77.0 Å². The summed E-state index contributed by atoms with van der Waals surface area (Å²) in [5, 5.41) is 3.97. The van der Waals surface area contributed by atoms with Gasteiger partial charge in [0.05, 0.1) is 6.21 Å². The van der Waals surface area contributed by atoms with Gasteiger partial charge in [-0.1, -0.05) is 71.7 Å². The van der Waals surface area contributed by atoms with Gasteiger partial charge in [-0.2, -0.15) is 5.10 Å². The zero-order chi connectivity index (χ0) is 24.9. The molecule has 0 unspecified atom stereocenters. The van der Waals surface area contributed by atoms with Crippen LogP contribution in [0.5, 0.6) is 11.5 Å². The third kappa shape index (κ3) is 9.22. The molecule has 3 rings (SSSR count). The highest BCUT2D eigenvalue weighted by molar-refractivity contribution is 9.10. The number of benzene rings is 3. The molecule has 0 atom stereocenters. The lowest BCUT2D eigenvalue weighted by molar-refractivity contribution is -0.129. The molecule has 180 valence electrons. The number of nitrogens with one attached hydrogen (secondary N) is 1. The van der Waals surface area contributed by atoms with Crippen molar-refractivity contribution in [3.63, 3.8) is 0 Å². The van der Waals surface area contributed by atoms with E-state index in [-0.39, 0.29) is 6.61 Å². The van der Waals surface area contributed by atoms with Crippen LogP contribution in [-0.2, 0) is 16.0 Å².